The minimum Gasteiger partial charge on any atom is -0.396 e. The van der Waals surface area contributed by atoms with Gasteiger partial charge in [-0.3, -0.25) is 0 Å². The van der Waals surface area contributed by atoms with Crippen molar-refractivity contribution in [1.82, 2.24) is 0 Å². The summed E-state index contributed by atoms with van der Waals surface area (Å²) in [6.45, 7) is 7.81. The minimum absolute atomic E-state index is 0.0204. The van der Waals surface area contributed by atoms with E-state index < -0.39 is 0 Å². The number of aliphatic hydroxyl groups is 1. The van der Waals surface area contributed by atoms with Crippen molar-refractivity contribution >= 4 is 21.6 Å². The first-order valence-electron chi connectivity index (χ1n) is 6.11. The molecular formula is C14H20BrNO. The van der Waals surface area contributed by atoms with E-state index in [1.165, 1.54) is 11.3 Å². The van der Waals surface area contributed by atoms with Crippen LogP contribution in [0.25, 0.3) is 0 Å². The first-order chi connectivity index (χ1) is 7.96. The lowest BCUT2D eigenvalue weighted by atomic mass is 9.89. The maximum absolute atomic E-state index is 9.44. The first-order valence-corrected chi connectivity index (χ1v) is 6.90. The fraction of sp³-hybridized carbons (Fsp3) is 0.571. The highest BCUT2D eigenvalue weighted by molar-refractivity contribution is 9.10. The van der Waals surface area contributed by atoms with Crippen LogP contribution in [0.4, 0.5) is 5.69 Å². The molecule has 1 atom stereocenters. The van der Waals surface area contributed by atoms with Crippen LogP contribution in [0, 0.1) is 12.8 Å². The number of hydrogen-bond donors (Lipinski definition) is 1. The Labute approximate surface area is 112 Å². The number of aryl methyl sites for hydroxylation is 1. The van der Waals surface area contributed by atoms with Gasteiger partial charge in [0.15, 0.2) is 0 Å². The lowest BCUT2D eigenvalue weighted by Gasteiger charge is -2.37. The van der Waals surface area contributed by atoms with Gasteiger partial charge in [-0.1, -0.05) is 6.07 Å². The molecule has 0 saturated carbocycles. The molecule has 1 aliphatic rings. The number of halogens is 1. The van der Waals surface area contributed by atoms with E-state index in [2.05, 4.69) is 59.8 Å². The molecule has 3 heteroatoms. The van der Waals surface area contributed by atoms with Gasteiger partial charge in [0.1, 0.15) is 0 Å². The van der Waals surface area contributed by atoms with Crippen LogP contribution in [0.1, 0.15) is 25.8 Å². The standard InChI is InChI=1S/C14H20BrNO/c1-10-4-5-13(12(15)8-10)16-7-6-11(9-17)14(16,2)3/h4-5,8,11,17H,6-7,9H2,1-3H3. The van der Waals surface area contributed by atoms with Gasteiger partial charge in [0, 0.05) is 29.1 Å². The maximum atomic E-state index is 9.44. The highest BCUT2D eigenvalue weighted by atomic mass is 79.9. The SMILES string of the molecule is Cc1ccc(N2CCC(CO)C2(C)C)c(Br)c1. The van der Waals surface area contributed by atoms with E-state index in [0.29, 0.717) is 5.92 Å². The zero-order chi connectivity index (χ0) is 12.6. The van der Waals surface area contributed by atoms with E-state index in [9.17, 15) is 5.11 Å². The van der Waals surface area contributed by atoms with Crippen LogP contribution in [0.15, 0.2) is 22.7 Å². The molecule has 94 valence electrons. The van der Waals surface area contributed by atoms with E-state index >= 15 is 0 Å². The van der Waals surface area contributed by atoms with E-state index in [1.807, 2.05) is 0 Å². The molecule has 1 unspecified atom stereocenters. The number of benzene rings is 1. The monoisotopic (exact) mass is 297 g/mol. The fourth-order valence-electron chi connectivity index (χ4n) is 2.72. The Morgan fingerprint density at radius 2 is 2.18 bits per heavy atom. The zero-order valence-electron chi connectivity index (χ0n) is 10.7. The lowest BCUT2D eigenvalue weighted by Crippen LogP contribution is -2.43. The van der Waals surface area contributed by atoms with Gasteiger partial charge in [0.25, 0.3) is 0 Å². The Morgan fingerprint density at radius 3 is 2.71 bits per heavy atom. The summed E-state index contributed by atoms with van der Waals surface area (Å²) in [5, 5.41) is 9.44. The topological polar surface area (TPSA) is 23.5 Å². The summed E-state index contributed by atoms with van der Waals surface area (Å²) < 4.78 is 1.14. The summed E-state index contributed by atoms with van der Waals surface area (Å²) in [5.74, 6) is 0.357. The fourth-order valence-corrected chi connectivity index (χ4v) is 3.43. The molecule has 1 fully saturated rings. The average Bonchev–Trinajstić information content (AvgIpc) is 2.54. The van der Waals surface area contributed by atoms with Crippen molar-refractivity contribution in [1.29, 1.82) is 0 Å². The van der Waals surface area contributed by atoms with Crippen LogP contribution in [-0.4, -0.2) is 23.8 Å². The summed E-state index contributed by atoms with van der Waals surface area (Å²) in [5.41, 5.74) is 2.51. The smallest absolute Gasteiger partial charge is 0.0515 e. The van der Waals surface area contributed by atoms with Gasteiger partial charge < -0.3 is 10.0 Å². The Bertz CT molecular complexity index is 417. The minimum atomic E-state index is 0.0204. The van der Waals surface area contributed by atoms with Crippen molar-refractivity contribution in [3.63, 3.8) is 0 Å². The Hall–Kier alpha value is -0.540. The molecule has 1 heterocycles. The molecule has 0 spiro atoms. The molecule has 1 aliphatic heterocycles. The predicted molar refractivity (Wildman–Crippen MR) is 75.5 cm³/mol. The quantitative estimate of drug-likeness (QED) is 0.905. The molecule has 1 aromatic rings. The van der Waals surface area contributed by atoms with E-state index in [0.717, 1.165) is 17.4 Å². The predicted octanol–water partition coefficient (Wildman–Crippen LogP) is 3.35. The van der Waals surface area contributed by atoms with Crippen LogP contribution in [0.5, 0.6) is 0 Å². The Kier molecular flexibility index (Phi) is 3.50. The molecule has 0 aromatic heterocycles. The Balaban J connectivity index is 2.35. The number of nitrogens with zero attached hydrogens (tertiary/aromatic N) is 1. The van der Waals surface area contributed by atoms with E-state index in [4.69, 9.17) is 0 Å². The van der Waals surface area contributed by atoms with Gasteiger partial charge >= 0.3 is 0 Å². The van der Waals surface area contributed by atoms with Gasteiger partial charge in [-0.15, -0.1) is 0 Å². The Morgan fingerprint density at radius 1 is 1.47 bits per heavy atom. The summed E-state index contributed by atoms with van der Waals surface area (Å²) >= 11 is 3.65. The van der Waals surface area contributed by atoms with Gasteiger partial charge in [0.2, 0.25) is 0 Å². The van der Waals surface area contributed by atoms with Crippen LogP contribution in [-0.2, 0) is 0 Å². The third kappa shape index (κ3) is 2.23. The zero-order valence-corrected chi connectivity index (χ0v) is 12.3. The van der Waals surface area contributed by atoms with Gasteiger partial charge in [-0.2, -0.15) is 0 Å². The summed E-state index contributed by atoms with van der Waals surface area (Å²) in [7, 11) is 0. The second-order valence-electron chi connectivity index (χ2n) is 5.43. The van der Waals surface area contributed by atoms with Gasteiger partial charge in [0.05, 0.1) is 5.69 Å². The first kappa shape index (κ1) is 12.9. The molecule has 2 rings (SSSR count). The van der Waals surface area contributed by atoms with Crippen molar-refractivity contribution in [2.24, 2.45) is 5.92 Å². The molecule has 1 saturated heterocycles. The van der Waals surface area contributed by atoms with Crippen molar-refractivity contribution in [3.8, 4) is 0 Å². The maximum Gasteiger partial charge on any atom is 0.0515 e. The summed E-state index contributed by atoms with van der Waals surface area (Å²) in [6, 6.07) is 6.46. The molecule has 2 nitrogen and oxygen atoms in total. The summed E-state index contributed by atoms with van der Waals surface area (Å²) in [6.07, 6.45) is 1.06. The highest BCUT2D eigenvalue weighted by Crippen LogP contribution is 2.41. The number of hydrogen-bond acceptors (Lipinski definition) is 2. The number of anilines is 1. The number of aliphatic hydroxyl groups excluding tert-OH is 1. The van der Waals surface area contributed by atoms with E-state index in [-0.39, 0.29) is 12.1 Å². The lowest BCUT2D eigenvalue weighted by molar-refractivity contribution is 0.189. The summed E-state index contributed by atoms with van der Waals surface area (Å²) in [4.78, 5) is 2.40. The van der Waals surface area contributed by atoms with Crippen molar-refractivity contribution in [3.05, 3.63) is 28.2 Å². The molecule has 1 N–H and O–H groups in total. The van der Waals surface area contributed by atoms with Crippen LogP contribution >= 0.6 is 15.9 Å². The number of rotatable bonds is 2. The van der Waals surface area contributed by atoms with Crippen molar-refractivity contribution in [2.75, 3.05) is 18.1 Å². The molecule has 0 amide bonds. The molecule has 0 aliphatic carbocycles. The second-order valence-corrected chi connectivity index (χ2v) is 6.28. The van der Waals surface area contributed by atoms with E-state index in [1.54, 1.807) is 0 Å². The van der Waals surface area contributed by atoms with Crippen molar-refractivity contribution < 1.29 is 5.11 Å². The normalized spacial score (nSPS) is 23.1. The third-order valence-electron chi connectivity index (χ3n) is 4.01. The van der Waals surface area contributed by atoms with Crippen LogP contribution in [0.2, 0.25) is 0 Å². The van der Waals surface area contributed by atoms with Gasteiger partial charge in [-0.25, -0.2) is 0 Å². The molecular weight excluding hydrogens is 278 g/mol. The average molecular weight is 298 g/mol. The third-order valence-corrected chi connectivity index (χ3v) is 4.65. The molecule has 1 aromatic carbocycles. The van der Waals surface area contributed by atoms with Crippen molar-refractivity contribution in [2.45, 2.75) is 32.7 Å². The second kappa shape index (κ2) is 4.62. The molecule has 17 heavy (non-hydrogen) atoms. The molecule has 0 radical (unpaired) electrons. The van der Waals surface area contributed by atoms with Crippen LogP contribution in [0.3, 0.4) is 0 Å². The van der Waals surface area contributed by atoms with Crippen LogP contribution < -0.4 is 4.90 Å². The highest BCUT2D eigenvalue weighted by Gasteiger charge is 2.41. The molecule has 0 bridgehead atoms. The largest absolute Gasteiger partial charge is 0.396 e. The van der Waals surface area contributed by atoms with Gasteiger partial charge in [-0.05, 0) is 60.8 Å².